The van der Waals surface area contributed by atoms with Crippen molar-refractivity contribution in [2.75, 3.05) is 13.6 Å². The minimum atomic E-state index is -0.532. The third-order valence-corrected chi connectivity index (χ3v) is 3.81. The fourth-order valence-corrected chi connectivity index (χ4v) is 2.20. The van der Waals surface area contributed by atoms with Gasteiger partial charge in [0.05, 0.1) is 0 Å². The molecule has 1 atom stereocenters. The van der Waals surface area contributed by atoms with E-state index in [1.807, 2.05) is 27.7 Å². The average Bonchev–Trinajstić information content (AvgIpc) is 2.53. The van der Waals surface area contributed by atoms with E-state index in [2.05, 4.69) is 11.8 Å². The van der Waals surface area contributed by atoms with Gasteiger partial charge >= 0.3 is 6.09 Å². The molecule has 4 nitrogen and oxygen atoms in total. The van der Waals surface area contributed by atoms with Gasteiger partial charge in [0.15, 0.2) is 0 Å². The Kier molecular flexibility index (Phi) is 7.99. The number of halogens is 1. The summed E-state index contributed by atoms with van der Waals surface area (Å²) in [5.41, 5.74) is 0.216. The standard InChI is InChI=1S/C20H26ClNO3/c1-6-16(13-14-22(5)19(24)25-20(2,3)4)18(23)12-9-15-7-10-17(21)11-8-15/h7-8,10-11,16H,6,13-14H2,1-5H3. The molecular weight excluding hydrogens is 338 g/mol. The Morgan fingerprint density at radius 1 is 1.24 bits per heavy atom. The number of rotatable bonds is 5. The van der Waals surface area contributed by atoms with E-state index in [1.54, 1.807) is 31.3 Å². The third-order valence-electron chi connectivity index (χ3n) is 3.56. The fraction of sp³-hybridized carbons (Fsp3) is 0.500. The Bertz CT molecular complexity index is 650. The number of ketones is 1. The highest BCUT2D eigenvalue weighted by Crippen LogP contribution is 2.13. The molecule has 1 rings (SSSR count). The minimum Gasteiger partial charge on any atom is -0.444 e. The second kappa shape index (κ2) is 9.48. The number of benzene rings is 1. The van der Waals surface area contributed by atoms with Gasteiger partial charge in [0, 0.05) is 30.1 Å². The second-order valence-corrected chi connectivity index (χ2v) is 7.35. The molecule has 1 unspecified atom stereocenters. The van der Waals surface area contributed by atoms with E-state index in [-0.39, 0.29) is 17.8 Å². The van der Waals surface area contributed by atoms with Crippen molar-refractivity contribution >= 4 is 23.5 Å². The number of nitrogens with zero attached hydrogens (tertiary/aromatic N) is 1. The summed E-state index contributed by atoms with van der Waals surface area (Å²) in [6.07, 6.45) is 0.846. The Morgan fingerprint density at radius 2 is 1.84 bits per heavy atom. The smallest absolute Gasteiger partial charge is 0.410 e. The number of Topliss-reactive ketones (excluding diaryl/α,β-unsaturated/α-hetero) is 1. The van der Waals surface area contributed by atoms with Crippen molar-refractivity contribution < 1.29 is 14.3 Å². The molecule has 0 saturated heterocycles. The fourth-order valence-electron chi connectivity index (χ4n) is 2.07. The number of carbonyl (C=O) groups is 2. The summed E-state index contributed by atoms with van der Waals surface area (Å²) in [6, 6.07) is 7.03. The quantitative estimate of drug-likeness (QED) is 0.721. The van der Waals surface area contributed by atoms with Crippen molar-refractivity contribution in [1.82, 2.24) is 4.90 Å². The van der Waals surface area contributed by atoms with Crippen LogP contribution in [0, 0.1) is 17.8 Å². The molecule has 0 saturated carbocycles. The molecule has 1 aromatic carbocycles. The van der Waals surface area contributed by atoms with Crippen molar-refractivity contribution in [3.8, 4) is 11.8 Å². The molecule has 0 aromatic heterocycles. The van der Waals surface area contributed by atoms with Crippen LogP contribution in [0.25, 0.3) is 0 Å². The first kappa shape index (κ1) is 21.1. The zero-order chi connectivity index (χ0) is 19.0. The van der Waals surface area contributed by atoms with Crippen LogP contribution in [0.3, 0.4) is 0 Å². The molecule has 25 heavy (non-hydrogen) atoms. The first-order valence-corrected chi connectivity index (χ1v) is 8.75. The molecule has 0 bridgehead atoms. The summed E-state index contributed by atoms with van der Waals surface area (Å²) in [5.74, 6) is 5.24. The predicted octanol–water partition coefficient (Wildman–Crippen LogP) is 4.54. The molecule has 0 spiro atoms. The highest BCUT2D eigenvalue weighted by molar-refractivity contribution is 6.30. The third kappa shape index (κ3) is 8.09. The van der Waals surface area contributed by atoms with Crippen LogP contribution < -0.4 is 0 Å². The first-order chi connectivity index (χ1) is 11.6. The van der Waals surface area contributed by atoms with Crippen LogP contribution >= 0.6 is 11.6 Å². The molecule has 0 aliphatic rings. The van der Waals surface area contributed by atoms with Gasteiger partial charge in [-0.1, -0.05) is 24.4 Å². The molecular formula is C20H26ClNO3. The van der Waals surface area contributed by atoms with Gasteiger partial charge in [-0.25, -0.2) is 4.79 Å². The van der Waals surface area contributed by atoms with E-state index in [0.29, 0.717) is 24.4 Å². The molecule has 5 heteroatoms. The van der Waals surface area contributed by atoms with Gasteiger partial charge in [0.1, 0.15) is 5.60 Å². The van der Waals surface area contributed by atoms with Crippen LogP contribution in [-0.4, -0.2) is 36.0 Å². The van der Waals surface area contributed by atoms with Gasteiger partial charge < -0.3 is 9.64 Å². The van der Waals surface area contributed by atoms with Crippen LogP contribution in [0.1, 0.15) is 46.1 Å². The molecule has 0 radical (unpaired) electrons. The van der Waals surface area contributed by atoms with Crippen LogP contribution in [0.5, 0.6) is 0 Å². The van der Waals surface area contributed by atoms with E-state index >= 15 is 0 Å². The molecule has 1 aromatic rings. The monoisotopic (exact) mass is 363 g/mol. The average molecular weight is 364 g/mol. The van der Waals surface area contributed by atoms with Gasteiger partial charge in [0.25, 0.3) is 0 Å². The van der Waals surface area contributed by atoms with Gasteiger partial charge in [0.2, 0.25) is 5.78 Å². The molecule has 1 amide bonds. The SMILES string of the molecule is CCC(CCN(C)C(=O)OC(C)(C)C)C(=O)C#Cc1ccc(Cl)cc1. The summed E-state index contributed by atoms with van der Waals surface area (Å²) < 4.78 is 5.30. The maximum atomic E-state index is 12.3. The molecule has 0 aliphatic carbocycles. The Labute approximate surface area is 155 Å². The van der Waals surface area contributed by atoms with Crippen LogP contribution in [0.4, 0.5) is 4.79 Å². The van der Waals surface area contributed by atoms with Gasteiger partial charge in [-0.2, -0.15) is 0 Å². The zero-order valence-corrected chi connectivity index (χ0v) is 16.3. The largest absolute Gasteiger partial charge is 0.444 e. The lowest BCUT2D eigenvalue weighted by Crippen LogP contribution is -2.35. The van der Waals surface area contributed by atoms with Crippen molar-refractivity contribution in [3.63, 3.8) is 0 Å². The number of ether oxygens (including phenoxy) is 1. The van der Waals surface area contributed by atoms with E-state index < -0.39 is 5.60 Å². The van der Waals surface area contributed by atoms with E-state index in [4.69, 9.17) is 16.3 Å². The lowest BCUT2D eigenvalue weighted by molar-refractivity contribution is -0.117. The van der Waals surface area contributed by atoms with E-state index in [0.717, 1.165) is 5.56 Å². The summed E-state index contributed by atoms with van der Waals surface area (Å²) in [6.45, 7) is 7.86. The normalized spacial score (nSPS) is 11.9. The zero-order valence-electron chi connectivity index (χ0n) is 15.6. The molecule has 0 heterocycles. The van der Waals surface area contributed by atoms with Gasteiger partial charge in [-0.3, -0.25) is 4.79 Å². The van der Waals surface area contributed by atoms with Crippen LogP contribution in [0.2, 0.25) is 5.02 Å². The van der Waals surface area contributed by atoms with Crippen molar-refractivity contribution in [2.24, 2.45) is 5.92 Å². The number of carbonyl (C=O) groups excluding carboxylic acids is 2. The topological polar surface area (TPSA) is 46.6 Å². The van der Waals surface area contributed by atoms with Gasteiger partial charge in [-0.05, 0) is 63.8 Å². The minimum absolute atomic E-state index is 0.116. The predicted molar refractivity (Wildman–Crippen MR) is 101 cm³/mol. The summed E-state index contributed by atoms with van der Waals surface area (Å²) in [5, 5.41) is 0.633. The summed E-state index contributed by atoms with van der Waals surface area (Å²) in [7, 11) is 1.67. The number of hydrogen-bond donors (Lipinski definition) is 0. The highest BCUT2D eigenvalue weighted by Gasteiger charge is 2.21. The molecule has 0 N–H and O–H groups in total. The Hall–Kier alpha value is -1.99. The summed E-state index contributed by atoms with van der Waals surface area (Å²) >= 11 is 5.83. The summed E-state index contributed by atoms with van der Waals surface area (Å²) in [4.78, 5) is 25.7. The van der Waals surface area contributed by atoms with Crippen molar-refractivity contribution in [3.05, 3.63) is 34.9 Å². The molecule has 0 aliphatic heterocycles. The van der Waals surface area contributed by atoms with Crippen molar-refractivity contribution in [1.29, 1.82) is 0 Å². The van der Waals surface area contributed by atoms with Crippen molar-refractivity contribution in [2.45, 2.75) is 46.1 Å². The maximum absolute atomic E-state index is 12.3. The second-order valence-electron chi connectivity index (χ2n) is 6.92. The number of hydrogen-bond acceptors (Lipinski definition) is 3. The van der Waals surface area contributed by atoms with E-state index in [9.17, 15) is 9.59 Å². The molecule has 0 fully saturated rings. The lowest BCUT2D eigenvalue weighted by Gasteiger charge is -2.25. The Morgan fingerprint density at radius 3 is 2.36 bits per heavy atom. The first-order valence-electron chi connectivity index (χ1n) is 8.38. The van der Waals surface area contributed by atoms with Gasteiger partial charge in [-0.15, -0.1) is 0 Å². The highest BCUT2D eigenvalue weighted by atomic mass is 35.5. The van der Waals surface area contributed by atoms with Crippen LogP contribution in [-0.2, 0) is 9.53 Å². The van der Waals surface area contributed by atoms with Crippen LogP contribution in [0.15, 0.2) is 24.3 Å². The maximum Gasteiger partial charge on any atom is 0.410 e. The van der Waals surface area contributed by atoms with E-state index in [1.165, 1.54) is 4.90 Å². The Balaban J connectivity index is 2.59. The lowest BCUT2D eigenvalue weighted by atomic mass is 9.97. The number of amides is 1. The molecule has 136 valence electrons.